The van der Waals surface area contributed by atoms with Crippen LogP contribution in [0.5, 0.6) is 0 Å². The van der Waals surface area contributed by atoms with Crippen LogP contribution in [0, 0.1) is 0 Å². The number of benzene rings is 1. The third-order valence-corrected chi connectivity index (χ3v) is 2.46. The number of anilines is 1. The Morgan fingerprint density at radius 3 is 2.47 bits per heavy atom. The molecule has 1 aromatic rings. The number of amides is 1. The van der Waals surface area contributed by atoms with Gasteiger partial charge in [0.1, 0.15) is 0 Å². The number of nitrogens with one attached hydrogen (secondary N) is 2. The highest BCUT2D eigenvalue weighted by atomic mass is 79.9. The molecule has 0 aliphatic rings. The molecule has 0 atom stereocenters. The molecule has 1 amide bonds. The van der Waals surface area contributed by atoms with Gasteiger partial charge in [0.15, 0.2) is 0 Å². The largest absolute Gasteiger partial charge is 0.481 e. The second-order valence-electron chi connectivity index (χ2n) is 3.38. The quantitative estimate of drug-likeness (QED) is 0.695. The van der Waals surface area contributed by atoms with Crippen molar-refractivity contribution in [1.82, 2.24) is 5.32 Å². The summed E-state index contributed by atoms with van der Waals surface area (Å²) in [7, 11) is 0. The Morgan fingerprint density at radius 2 is 1.88 bits per heavy atom. The third-order valence-electron chi connectivity index (χ3n) is 1.93. The molecule has 0 fully saturated rings. The predicted molar refractivity (Wildman–Crippen MR) is 67.9 cm³/mol. The number of hydrogen-bond acceptors (Lipinski definition) is 3. The molecule has 0 aliphatic heterocycles. The molecule has 1 aromatic carbocycles. The van der Waals surface area contributed by atoms with Crippen LogP contribution in [0.15, 0.2) is 28.7 Å². The zero-order chi connectivity index (χ0) is 12.7. The van der Waals surface area contributed by atoms with Gasteiger partial charge in [-0.15, -0.1) is 0 Å². The number of hydrogen-bond donors (Lipinski definition) is 3. The molecule has 0 unspecified atom stereocenters. The molecule has 17 heavy (non-hydrogen) atoms. The van der Waals surface area contributed by atoms with Crippen LogP contribution in [-0.4, -0.2) is 30.1 Å². The van der Waals surface area contributed by atoms with Crippen molar-refractivity contribution in [3.05, 3.63) is 28.7 Å². The van der Waals surface area contributed by atoms with Gasteiger partial charge >= 0.3 is 5.97 Å². The lowest BCUT2D eigenvalue weighted by Crippen LogP contribution is -2.29. The summed E-state index contributed by atoms with van der Waals surface area (Å²) in [4.78, 5) is 21.6. The lowest BCUT2D eigenvalue weighted by Gasteiger charge is -2.05. The highest BCUT2D eigenvalue weighted by Gasteiger charge is 2.02. The molecule has 0 aromatic heterocycles. The van der Waals surface area contributed by atoms with Gasteiger partial charge in [-0.2, -0.15) is 0 Å². The van der Waals surface area contributed by atoms with Gasteiger partial charge < -0.3 is 15.7 Å². The van der Waals surface area contributed by atoms with E-state index in [1.807, 2.05) is 12.1 Å². The Bertz CT molecular complexity index is 392. The molecular formula is C11H13BrN2O3. The van der Waals surface area contributed by atoms with E-state index in [4.69, 9.17) is 5.11 Å². The second kappa shape index (κ2) is 7.03. The summed E-state index contributed by atoms with van der Waals surface area (Å²) in [5.41, 5.74) is 0.707. The lowest BCUT2D eigenvalue weighted by molar-refractivity contribution is -0.137. The third kappa shape index (κ3) is 6.03. The van der Waals surface area contributed by atoms with Crippen LogP contribution in [0.25, 0.3) is 0 Å². The summed E-state index contributed by atoms with van der Waals surface area (Å²) < 4.78 is 0.940. The van der Waals surface area contributed by atoms with Crippen LogP contribution in [0.2, 0.25) is 0 Å². The van der Waals surface area contributed by atoms with Crippen LogP contribution in [0.1, 0.15) is 6.42 Å². The van der Waals surface area contributed by atoms with Gasteiger partial charge in [0.05, 0.1) is 13.0 Å². The predicted octanol–water partition coefficient (Wildman–Crippen LogP) is 1.45. The van der Waals surface area contributed by atoms with Crippen molar-refractivity contribution in [3.8, 4) is 0 Å². The molecule has 0 saturated carbocycles. The molecule has 6 heteroatoms. The van der Waals surface area contributed by atoms with E-state index >= 15 is 0 Å². The van der Waals surface area contributed by atoms with Crippen molar-refractivity contribution < 1.29 is 14.7 Å². The average molecular weight is 301 g/mol. The molecule has 3 N–H and O–H groups in total. The SMILES string of the molecule is O=C(O)CCNCC(=O)Nc1ccc(Br)cc1. The van der Waals surface area contributed by atoms with Crippen molar-refractivity contribution in [3.63, 3.8) is 0 Å². The van der Waals surface area contributed by atoms with E-state index in [-0.39, 0.29) is 25.4 Å². The Balaban J connectivity index is 2.25. The van der Waals surface area contributed by atoms with Crippen molar-refractivity contribution in [2.24, 2.45) is 0 Å². The highest BCUT2D eigenvalue weighted by Crippen LogP contribution is 2.13. The van der Waals surface area contributed by atoms with Gasteiger partial charge in [0.25, 0.3) is 0 Å². The van der Waals surface area contributed by atoms with E-state index < -0.39 is 5.97 Å². The first kappa shape index (κ1) is 13.7. The van der Waals surface area contributed by atoms with Crippen molar-refractivity contribution in [2.75, 3.05) is 18.4 Å². The van der Waals surface area contributed by atoms with Crippen molar-refractivity contribution in [1.29, 1.82) is 0 Å². The summed E-state index contributed by atoms with van der Waals surface area (Å²) in [6.45, 7) is 0.381. The number of carboxylic acids is 1. The zero-order valence-corrected chi connectivity index (χ0v) is 10.7. The minimum atomic E-state index is -0.884. The number of carbonyl (C=O) groups is 2. The number of rotatable bonds is 6. The van der Waals surface area contributed by atoms with E-state index in [1.165, 1.54) is 0 Å². The first-order valence-electron chi connectivity index (χ1n) is 5.06. The van der Waals surface area contributed by atoms with E-state index in [2.05, 4.69) is 26.6 Å². The van der Waals surface area contributed by atoms with Crippen molar-refractivity contribution >= 4 is 33.5 Å². The average Bonchev–Trinajstić information content (AvgIpc) is 2.27. The van der Waals surface area contributed by atoms with Gasteiger partial charge in [0.2, 0.25) is 5.91 Å². The van der Waals surface area contributed by atoms with E-state index in [0.29, 0.717) is 5.69 Å². The van der Waals surface area contributed by atoms with E-state index in [9.17, 15) is 9.59 Å². The topological polar surface area (TPSA) is 78.4 Å². The maximum atomic E-state index is 11.4. The van der Waals surface area contributed by atoms with Crippen LogP contribution in [0.3, 0.4) is 0 Å². The fourth-order valence-corrected chi connectivity index (χ4v) is 1.40. The van der Waals surface area contributed by atoms with Crippen LogP contribution in [-0.2, 0) is 9.59 Å². The van der Waals surface area contributed by atoms with Gasteiger partial charge in [-0.1, -0.05) is 15.9 Å². The molecule has 0 aliphatic carbocycles. The number of carbonyl (C=O) groups excluding carboxylic acids is 1. The van der Waals surface area contributed by atoms with Crippen molar-refractivity contribution in [2.45, 2.75) is 6.42 Å². The first-order valence-corrected chi connectivity index (χ1v) is 5.85. The molecule has 92 valence electrons. The number of aliphatic carboxylic acids is 1. The van der Waals surface area contributed by atoms with Crippen LogP contribution >= 0.6 is 15.9 Å². The van der Waals surface area contributed by atoms with Crippen LogP contribution < -0.4 is 10.6 Å². The minimum absolute atomic E-state index is 0.00552. The Labute approximate surface area is 107 Å². The summed E-state index contributed by atoms with van der Waals surface area (Å²) in [6.07, 6.45) is 0.00552. The molecule has 0 radical (unpaired) electrons. The molecule has 0 heterocycles. The molecule has 0 spiro atoms. The first-order chi connectivity index (χ1) is 8.08. The van der Waals surface area contributed by atoms with Gasteiger partial charge in [0, 0.05) is 16.7 Å². The molecule has 0 bridgehead atoms. The minimum Gasteiger partial charge on any atom is -0.481 e. The zero-order valence-electron chi connectivity index (χ0n) is 9.07. The Morgan fingerprint density at radius 1 is 1.24 bits per heavy atom. The lowest BCUT2D eigenvalue weighted by atomic mass is 10.3. The Kier molecular flexibility index (Phi) is 5.65. The standard InChI is InChI=1S/C11H13BrN2O3/c12-8-1-3-9(4-2-8)14-10(15)7-13-6-5-11(16)17/h1-4,13H,5-7H2,(H,14,15)(H,16,17). The molecule has 5 nitrogen and oxygen atoms in total. The maximum Gasteiger partial charge on any atom is 0.304 e. The molecule has 0 saturated heterocycles. The second-order valence-corrected chi connectivity index (χ2v) is 4.29. The summed E-state index contributed by atoms with van der Waals surface area (Å²) >= 11 is 3.30. The normalized spacial score (nSPS) is 9.94. The monoisotopic (exact) mass is 300 g/mol. The van der Waals surface area contributed by atoms with Gasteiger partial charge in [-0.05, 0) is 24.3 Å². The van der Waals surface area contributed by atoms with E-state index in [1.54, 1.807) is 12.1 Å². The van der Waals surface area contributed by atoms with E-state index in [0.717, 1.165) is 4.47 Å². The number of carboxylic acid groups (broad SMARTS) is 1. The smallest absolute Gasteiger partial charge is 0.304 e. The summed E-state index contributed by atoms with van der Waals surface area (Å²) in [5, 5.41) is 13.8. The fraction of sp³-hybridized carbons (Fsp3) is 0.273. The Hall–Kier alpha value is -1.40. The number of halogens is 1. The summed E-state index contributed by atoms with van der Waals surface area (Å²) in [5.74, 6) is -1.08. The maximum absolute atomic E-state index is 11.4. The molecule has 1 rings (SSSR count). The summed E-state index contributed by atoms with van der Waals surface area (Å²) in [6, 6.07) is 7.21. The highest BCUT2D eigenvalue weighted by molar-refractivity contribution is 9.10. The fourth-order valence-electron chi connectivity index (χ4n) is 1.14. The van der Waals surface area contributed by atoms with Crippen LogP contribution in [0.4, 0.5) is 5.69 Å². The van der Waals surface area contributed by atoms with Gasteiger partial charge in [-0.25, -0.2) is 0 Å². The molecular weight excluding hydrogens is 288 g/mol. The van der Waals surface area contributed by atoms with Gasteiger partial charge in [-0.3, -0.25) is 9.59 Å².